The SMILES string of the molecule is NC(=O)CC1CCC(NCc2cnc[nH]2)CC1. The normalized spacial score (nSPS) is 24.7. The van der Waals surface area contributed by atoms with Gasteiger partial charge in [0.05, 0.1) is 6.33 Å². The molecule has 4 N–H and O–H groups in total. The quantitative estimate of drug-likeness (QED) is 0.711. The summed E-state index contributed by atoms with van der Waals surface area (Å²) in [6, 6.07) is 0.558. The fraction of sp³-hybridized carbons (Fsp3) is 0.667. The molecule has 1 aromatic rings. The molecule has 1 fully saturated rings. The van der Waals surface area contributed by atoms with E-state index < -0.39 is 0 Å². The number of nitrogens with zero attached hydrogens (tertiary/aromatic N) is 1. The van der Waals surface area contributed by atoms with E-state index in [1.165, 1.54) is 0 Å². The van der Waals surface area contributed by atoms with Gasteiger partial charge in [0, 0.05) is 30.9 Å². The van der Waals surface area contributed by atoms with Crippen LogP contribution in [0.5, 0.6) is 0 Å². The van der Waals surface area contributed by atoms with E-state index in [9.17, 15) is 4.79 Å². The molecule has 1 amide bonds. The van der Waals surface area contributed by atoms with Crippen molar-refractivity contribution in [3.8, 4) is 0 Å². The number of imidazole rings is 1. The Morgan fingerprint density at radius 1 is 1.47 bits per heavy atom. The van der Waals surface area contributed by atoms with E-state index in [0.717, 1.165) is 37.9 Å². The molecular weight excluding hydrogens is 216 g/mol. The van der Waals surface area contributed by atoms with E-state index in [1.54, 1.807) is 6.33 Å². The number of aromatic nitrogens is 2. The van der Waals surface area contributed by atoms with Gasteiger partial charge in [0.2, 0.25) is 5.91 Å². The fourth-order valence-electron chi connectivity index (χ4n) is 2.49. The van der Waals surface area contributed by atoms with Crippen LogP contribution in [0.4, 0.5) is 0 Å². The molecule has 2 rings (SSSR count). The lowest BCUT2D eigenvalue weighted by Crippen LogP contribution is -2.33. The van der Waals surface area contributed by atoms with Crippen molar-refractivity contribution in [1.82, 2.24) is 15.3 Å². The van der Waals surface area contributed by atoms with Gasteiger partial charge in [-0.25, -0.2) is 4.98 Å². The fourth-order valence-corrected chi connectivity index (χ4v) is 2.49. The van der Waals surface area contributed by atoms with E-state index in [4.69, 9.17) is 5.73 Å². The highest BCUT2D eigenvalue weighted by molar-refractivity contribution is 5.73. The maximum Gasteiger partial charge on any atom is 0.217 e. The highest BCUT2D eigenvalue weighted by Gasteiger charge is 2.21. The van der Waals surface area contributed by atoms with Gasteiger partial charge in [-0.3, -0.25) is 4.79 Å². The molecule has 0 unspecified atom stereocenters. The molecule has 0 saturated heterocycles. The smallest absolute Gasteiger partial charge is 0.217 e. The van der Waals surface area contributed by atoms with Crippen LogP contribution in [0.15, 0.2) is 12.5 Å². The minimum absolute atomic E-state index is 0.168. The van der Waals surface area contributed by atoms with Crippen LogP contribution in [0.1, 0.15) is 37.8 Å². The topological polar surface area (TPSA) is 83.8 Å². The molecule has 0 atom stereocenters. The summed E-state index contributed by atoms with van der Waals surface area (Å²) in [5.41, 5.74) is 6.33. The Morgan fingerprint density at radius 3 is 2.82 bits per heavy atom. The second-order valence-electron chi connectivity index (χ2n) is 4.85. The van der Waals surface area contributed by atoms with Gasteiger partial charge >= 0.3 is 0 Å². The maximum absolute atomic E-state index is 10.8. The number of amides is 1. The predicted molar refractivity (Wildman–Crippen MR) is 65.0 cm³/mol. The summed E-state index contributed by atoms with van der Waals surface area (Å²) in [6.45, 7) is 0.838. The standard InChI is InChI=1S/C12H20N4O/c13-12(17)5-9-1-3-10(4-2-9)15-7-11-6-14-8-16-11/h6,8-10,15H,1-5,7H2,(H2,13,17)(H,14,16). The van der Waals surface area contributed by atoms with E-state index in [1.807, 2.05) is 6.20 Å². The molecule has 1 saturated carbocycles. The minimum Gasteiger partial charge on any atom is -0.370 e. The van der Waals surface area contributed by atoms with Crippen molar-refractivity contribution in [2.45, 2.75) is 44.7 Å². The zero-order valence-corrected chi connectivity index (χ0v) is 9.98. The number of hydrogen-bond acceptors (Lipinski definition) is 3. The third-order valence-electron chi connectivity index (χ3n) is 3.47. The van der Waals surface area contributed by atoms with E-state index in [2.05, 4.69) is 15.3 Å². The summed E-state index contributed by atoms with van der Waals surface area (Å²) in [5, 5.41) is 3.51. The molecule has 0 bridgehead atoms. The molecule has 94 valence electrons. The zero-order valence-electron chi connectivity index (χ0n) is 9.98. The second-order valence-corrected chi connectivity index (χ2v) is 4.85. The molecule has 0 radical (unpaired) electrons. The Kier molecular flexibility index (Phi) is 4.14. The summed E-state index contributed by atoms with van der Waals surface area (Å²) in [7, 11) is 0. The number of hydrogen-bond donors (Lipinski definition) is 3. The van der Waals surface area contributed by atoms with Gasteiger partial charge in [-0.05, 0) is 31.6 Å². The second kappa shape index (κ2) is 5.82. The summed E-state index contributed by atoms with van der Waals surface area (Å²) in [4.78, 5) is 17.9. The van der Waals surface area contributed by atoms with Crippen molar-refractivity contribution in [3.63, 3.8) is 0 Å². The van der Waals surface area contributed by atoms with Crippen molar-refractivity contribution >= 4 is 5.91 Å². The van der Waals surface area contributed by atoms with Crippen molar-refractivity contribution in [3.05, 3.63) is 18.2 Å². The summed E-state index contributed by atoms with van der Waals surface area (Å²) >= 11 is 0. The lowest BCUT2D eigenvalue weighted by Gasteiger charge is -2.28. The van der Waals surface area contributed by atoms with Crippen LogP contribution in [0.3, 0.4) is 0 Å². The van der Waals surface area contributed by atoms with Crippen LogP contribution in [-0.4, -0.2) is 21.9 Å². The highest BCUT2D eigenvalue weighted by Crippen LogP contribution is 2.26. The Balaban J connectivity index is 1.67. The molecule has 1 aliphatic rings. The van der Waals surface area contributed by atoms with Crippen molar-refractivity contribution in [2.24, 2.45) is 11.7 Å². The van der Waals surface area contributed by atoms with Gasteiger partial charge in [-0.1, -0.05) is 0 Å². The van der Waals surface area contributed by atoms with Crippen LogP contribution in [0.2, 0.25) is 0 Å². The van der Waals surface area contributed by atoms with E-state index >= 15 is 0 Å². The van der Waals surface area contributed by atoms with Gasteiger partial charge in [-0.2, -0.15) is 0 Å². The first-order valence-corrected chi connectivity index (χ1v) is 6.23. The molecule has 0 spiro atoms. The Morgan fingerprint density at radius 2 is 2.24 bits per heavy atom. The van der Waals surface area contributed by atoms with Crippen LogP contribution in [-0.2, 0) is 11.3 Å². The number of aromatic amines is 1. The van der Waals surface area contributed by atoms with Gasteiger partial charge in [0.1, 0.15) is 0 Å². The maximum atomic E-state index is 10.8. The Labute approximate surface area is 101 Å². The van der Waals surface area contributed by atoms with Crippen LogP contribution >= 0.6 is 0 Å². The van der Waals surface area contributed by atoms with Crippen molar-refractivity contribution < 1.29 is 4.79 Å². The Hall–Kier alpha value is -1.36. The Bertz CT molecular complexity index is 341. The van der Waals surface area contributed by atoms with E-state index in [0.29, 0.717) is 18.4 Å². The van der Waals surface area contributed by atoms with E-state index in [-0.39, 0.29) is 5.91 Å². The lowest BCUT2D eigenvalue weighted by molar-refractivity contribution is -0.119. The van der Waals surface area contributed by atoms with Crippen molar-refractivity contribution in [2.75, 3.05) is 0 Å². The molecule has 0 aliphatic heterocycles. The minimum atomic E-state index is -0.168. The number of nitrogens with one attached hydrogen (secondary N) is 2. The first-order valence-electron chi connectivity index (χ1n) is 6.23. The third kappa shape index (κ3) is 3.85. The third-order valence-corrected chi connectivity index (χ3v) is 3.47. The summed E-state index contributed by atoms with van der Waals surface area (Å²) < 4.78 is 0. The average molecular weight is 236 g/mol. The first-order chi connectivity index (χ1) is 8.24. The highest BCUT2D eigenvalue weighted by atomic mass is 16.1. The average Bonchev–Trinajstić information content (AvgIpc) is 2.80. The molecular formula is C12H20N4O. The van der Waals surface area contributed by atoms with Crippen LogP contribution in [0, 0.1) is 5.92 Å². The van der Waals surface area contributed by atoms with Crippen LogP contribution < -0.4 is 11.1 Å². The molecule has 1 aromatic heterocycles. The largest absolute Gasteiger partial charge is 0.370 e. The lowest BCUT2D eigenvalue weighted by atomic mass is 9.84. The van der Waals surface area contributed by atoms with Crippen molar-refractivity contribution in [1.29, 1.82) is 0 Å². The molecule has 17 heavy (non-hydrogen) atoms. The zero-order chi connectivity index (χ0) is 12.1. The number of carbonyl (C=O) groups excluding carboxylic acids is 1. The molecule has 1 aliphatic carbocycles. The number of carbonyl (C=O) groups is 1. The molecule has 5 nitrogen and oxygen atoms in total. The van der Waals surface area contributed by atoms with Gasteiger partial charge in [-0.15, -0.1) is 0 Å². The molecule has 1 heterocycles. The number of H-pyrrole nitrogens is 1. The predicted octanol–water partition coefficient (Wildman–Crippen LogP) is 0.933. The number of primary amides is 1. The van der Waals surface area contributed by atoms with Gasteiger partial charge in [0.15, 0.2) is 0 Å². The molecule has 0 aromatic carbocycles. The molecule has 5 heteroatoms. The van der Waals surface area contributed by atoms with Gasteiger partial charge < -0.3 is 16.0 Å². The number of rotatable bonds is 5. The monoisotopic (exact) mass is 236 g/mol. The van der Waals surface area contributed by atoms with Crippen LogP contribution in [0.25, 0.3) is 0 Å². The summed E-state index contributed by atoms with van der Waals surface area (Å²) in [6.07, 6.45) is 8.55. The first kappa shape index (κ1) is 12.1. The van der Waals surface area contributed by atoms with Gasteiger partial charge in [0.25, 0.3) is 0 Å². The summed E-state index contributed by atoms with van der Waals surface area (Å²) in [5.74, 6) is 0.330. The number of nitrogens with two attached hydrogens (primary N) is 1.